The van der Waals surface area contributed by atoms with Crippen LogP contribution in [0.3, 0.4) is 0 Å². The number of amides is 1. The van der Waals surface area contributed by atoms with Crippen molar-refractivity contribution in [3.05, 3.63) is 59.7 Å². The predicted octanol–water partition coefficient (Wildman–Crippen LogP) is 3.56. The van der Waals surface area contributed by atoms with Crippen LogP contribution in [0.15, 0.2) is 48.5 Å². The molecule has 1 N–H and O–H groups in total. The number of carbonyl (C=O) groups excluding carboxylic acids is 1. The van der Waals surface area contributed by atoms with E-state index in [0.717, 1.165) is 19.4 Å². The summed E-state index contributed by atoms with van der Waals surface area (Å²) >= 11 is 0. The smallest absolute Gasteiger partial charge is 0.409 e. The summed E-state index contributed by atoms with van der Waals surface area (Å²) in [4.78, 5) is 28.0. The van der Waals surface area contributed by atoms with Crippen molar-refractivity contribution in [2.45, 2.75) is 37.3 Å². The van der Waals surface area contributed by atoms with Crippen LogP contribution < -0.4 is 0 Å². The van der Waals surface area contributed by atoms with E-state index in [9.17, 15) is 14.7 Å². The molecule has 3 aliphatic rings. The monoisotopic (exact) mass is 406 g/mol. The van der Waals surface area contributed by atoms with E-state index in [-0.39, 0.29) is 18.1 Å². The van der Waals surface area contributed by atoms with E-state index in [1.165, 1.54) is 22.3 Å². The van der Waals surface area contributed by atoms with Crippen LogP contribution in [0.5, 0.6) is 0 Å². The van der Waals surface area contributed by atoms with Gasteiger partial charge in [0.1, 0.15) is 12.6 Å². The van der Waals surface area contributed by atoms with E-state index in [1.54, 1.807) is 4.90 Å². The fourth-order valence-electron chi connectivity index (χ4n) is 5.35. The van der Waals surface area contributed by atoms with Crippen LogP contribution in [0.2, 0.25) is 0 Å². The van der Waals surface area contributed by atoms with Crippen LogP contribution in [0, 0.1) is 0 Å². The van der Waals surface area contributed by atoms with E-state index in [1.807, 2.05) is 24.3 Å². The van der Waals surface area contributed by atoms with Gasteiger partial charge in [-0.2, -0.15) is 0 Å². The van der Waals surface area contributed by atoms with Crippen molar-refractivity contribution in [2.24, 2.45) is 0 Å². The molecule has 6 nitrogen and oxygen atoms in total. The fraction of sp³-hybridized carbons (Fsp3) is 0.417. The summed E-state index contributed by atoms with van der Waals surface area (Å²) in [5, 5.41) is 9.44. The molecular formula is C24H26N2O4. The fourth-order valence-corrected chi connectivity index (χ4v) is 5.35. The van der Waals surface area contributed by atoms with E-state index < -0.39 is 12.0 Å². The quantitative estimate of drug-likeness (QED) is 0.841. The van der Waals surface area contributed by atoms with E-state index >= 15 is 0 Å². The molecule has 6 heteroatoms. The minimum absolute atomic E-state index is 0.0507. The minimum atomic E-state index is -0.757. The molecule has 0 radical (unpaired) electrons. The van der Waals surface area contributed by atoms with Crippen molar-refractivity contribution in [1.29, 1.82) is 0 Å². The molecule has 30 heavy (non-hydrogen) atoms. The molecule has 5 rings (SSSR count). The topological polar surface area (TPSA) is 70.1 Å². The largest absolute Gasteiger partial charge is 0.480 e. The van der Waals surface area contributed by atoms with Crippen LogP contribution in [-0.4, -0.2) is 65.3 Å². The van der Waals surface area contributed by atoms with Crippen molar-refractivity contribution < 1.29 is 19.4 Å². The zero-order chi connectivity index (χ0) is 20.7. The van der Waals surface area contributed by atoms with Crippen molar-refractivity contribution in [3.63, 3.8) is 0 Å². The molecule has 0 aromatic heterocycles. The Morgan fingerprint density at radius 1 is 0.967 bits per heavy atom. The lowest BCUT2D eigenvalue weighted by Crippen LogP contribution is -2.45. The third kappa shape index (κ3) is 3.25. The van der Waals surface area contributed by atoms with Crippen LogP contribution in [0.1, 0.15) is 36.3 Å². The van der Waals surface area contributed by atoms with Gasteiger partial charge < -0.3 is 14.7 Å². The predicted molar refractivity (Wildman–Crippen MR) is 112 cm³/mol. The zero-order valence-corrected chi connectivity index (χ0v) is 16.9. The van der Waals surface area contributed by atoms with Crippen molar-refractivity contribution in [3.8, 4) is 11.1 Å². The number of likely N-dealkylation sites (tertiary alicyclic amines) is 2. The van der Waals surface area contributed by atoms with Gasteiger partial charge in [-0.15, -0.1) is 0 Å². The summed E-state index contributed by atoms with van der Waals surface area (Å²) in [6, 6.07) is 16.3. The molecule has 2 unspecified atom stereocenters. The summed E-state index contributed by atoms with van der Waals surface area (Å²) in [7, 11) is 0. The molecule has 1 aliphatic carbocycles. The van der Waals surface area contributed by atoms with Gasteiger partial charge in [-0.05, 0) is 48.1 Å². The lowest BCUT2D eigenvalue weighted by molar-refractivity contribution is -0.142. The Balaban J connectivity index is 1.24. The number of carboxylic acids is 1. The Bertz CT molecular complexity index is 930. The Morgan fingerprint density at radius 2 is 1.63 bits per heavy atom. The van der Waals surface area contributed by atoms with Gasteiger partial charge in [-0.1, -0.05) is 48.5 Å². The molecule has 2 aromatic rings. The number of carbonyl (C=O) groups is 2. The first-order chi connectivity index (χ1) is 14.6. The van der Waals surface area contributed by atoms with E-state index in [4.69, 9.17) is 4.74 Å². The van der Waals surface area contributed by atoms with Gasteiger partial charge in [0.2, 0.25) is 0 Å². The molecule has 0 spiro atoms. The number of hydrogen-bond donors (Lipinski definition) is 1. The number of carboxylic acid groups (broad SMARTS) is 1. The molecule has 2 aliphatic heterocycles. The first kappa shape index (κ1) is 19.1. The molecule has 0 bridgehead atoms. The second-order valence-corrected chi connectivity index (χ2v) is 8.43. The molecular weight excluding hydrogens is 380 g/mol. The summed E-state index contributed by atoms with van der Waals surface area (Å²) < 4.78 is 5.76. The molecule has 1 amide bonds. The van der Waals surface area contributed by atoms with Gasteiger partial charge in [0.15, 0.2) is 0 Å². The Kier molecular flexibility index (Phi) is 4.95. The SMILES string of the molecule is O=C(O)C1CCCN1C1CCN(C(=O)OCC2c3ccccc3-c3ccccc32)C1. The molecule has 2 atom stereocenters. The van der Waals surface area contributed by atoms with Crippen LogP contribution in [0.4, 0.5) is 4.79 Å². The Labute approximate surface area is 176 Å². The first-order valence-corrected chi connectivity index (χ1v) is 10.7. The maximum Gasteiger partial charge on any atom is 0.409 e. The average molecular weight is 406 g/mol. The second kappa shape index (κ2) is 7.76. The Hall–Kier alpha value is -2.86. The number of benzene rings is 2. The number of aliphatic carboxylic acids is 1. The highest BCUT2D eigenvalue weighted by atomic mass is 16.6. The lowest BCUT2D eigenvalue weighted by atomic mass is 9.98. The number of rotatable bonds is 4. The lowest BCUT2D eigenvalue weighted by Gasteiger charge is -2.28. The van der Waals surface area contributed by atoms with Gasteiger partial charge in [-0.3, -0.25) is 9.69 Å². The van der Waals surface area contributed by atoms with Crippen LogP contribution in [0.25, 0.3) is 11.1 Å². The van der Waals surface area contributed by atoms with Crippen LogP contribution >= 0.6 is 0 Å². The highest BCUT2D eigenvalue weighted by Gasteiger charge is 2.40. The van der Waals surface area contributed by atoms with E-state index in [0.29, 0.717) is 26.1 Å². The summed E-state index contributed by atoms with van der Waals surface area (Å²) in [6.07, 6.45) is 2.09. The molecule has 0 saturated carbocycles. The van der Waals surface area contributed by atoms with Gasteiger partial charge in [0.25, 0.3) is 0 Å². The van der Waals surface area contributed by atoms with Gasteiger partial charge in [-0.25, -0.2) is 4.79 Å². The first-order valence-electron chi connectivity index (χ1n) is 10.7. The standard InChI is InChI=1S/C24H26N2O4/c27-23(28)22-10-5-12-26(22)16-11-13-25(14-16)24(29)30-15-21-19-8-3-1-6-17(19)18-7-2-4-9-20(18)21/h1-4,6-9,16,21-22H,5,10-15H2,(H,27,28). The second-order valence-electron chi connectivity index (χ2n) is 8.43. The minimum Gasteiger partial charge on any atom is -0.480 e. The average Bonchev–Trinajstić information content (AvgIpc) is 3.49. The highest BCUT2D eigenvalue weighted by Crippen LogP contribution is 2.44. The maximum absolute atomic E-state index is 12.8. The van der Waals surface area contributed by atoms with Gasteiger partial charge in [0, 0.05) is 25.0 Å². The maximum atomic E-state index is 12.8. The zero-order valence-electron chi connectivity index (χ0n) is 16.9. The third-order valence-electron chi connectivity index (χ3n) is 6.81. The number of nitrogens with zero attached hydrogens (tertiary/aromatic N) is 2. The molecule has 156 valence electrons. The molecule has 2 saturated heterocycles. The number of fused-ring (bicyclic) bond motifs is 3. The number of hydrogen-bond acceptors (Lipinski definition) is 4. The summed E-state index contributed by atoms with van der Waals surface area (Å²) in [5.74, 6) is -0.707. The van der Waals surface area contributed by atoms with Gasteiger partial charge in [0.05, 0.1) is 0 Å². The van der Waals surface area contributed by atoms with E-state index in [2.05, 4.69) is 29.2 Å². The Morgan fingerprint density at radius 3 is 2.30 bits per heavy atom. The summed E-state index contributed by atoms with van der Waals surface area (Å²) in [6.45, 7) is 2.26. The van der Waals surface area contributed by atoms with Crippen LogP contribution in [-0.2, 0) is 9.53 Å². The van der Waals surface area contributed by atoms with Gasteiger partial charge >= 0.3 is 12.1 Å². The highest BCUT2D eigenvalue weighted by molar-refractivity contribution is 5.79. The summed E-state index contributed by atoms with van der Waals surface area (Å²) in [5.41, 5.74) is 4.83. The third-order valence-corrected chi connectivity index (χ3v) is 6.81. The molecule has 2 aromatic carbocycles. The van der Waals surface area contributed by atoms with Crippen molar-refractivity contribution >= 4 is 12.1 Å². The number of ether oxygens (including phenoxy) is 1. The van der Waals surface area contributed by atoms with Crippen molar-refractivity contribution in [1.82, 2.24) is 9.80 Å². The molecule has 2 fully saturated rings. The normalized spacial score (nSPS) is 23.4. The molecule has 2 heterocycles. The van der Waals surface area contributed by atoms with Crippen molar-refractivity contribution in [2.75, 3.05) is 26.2 Å².